The highest BCUT2D eigenvalue weighted by atomic mass is 16.3. The van der Waals surface area contributed by atoms with Gasteiger partial charge in [0, 0.05) is 18.2 Å². The fourth-order valence-corrected chi connectivity index (χ4v) is 2.60. The third-order valence-electron chi connectivity index (χ3n) is 3.64. The van der Waals surface area contributed by atoms with Crippen LogP contribution in [0.5, 0.6) is 5.75 Å². The van der Waals surface area contributed by atoms with E-state index in [9.17, 15) is 5.11 Å². The van der Waals surface area contributed by atoms with Gasteiger partial charge in [-0.15, -0.1) is 0 Å². The fourth-order valence-electron chi connectivity index (χ4n) is 2.60. The number of likely N-dealkylation sites (N-methyl/N-ethyl adjacent to an activating group) is 1. The molecule has 1 atom stereocenters. The van der Waals surface area contributed by atoms with Crippen molar-refractivity contribution < 1.29 is 5.11 Å². The standard InChI is InChI=1S/C14H22N2O/c1-3-16(4-2)10-12-14-11(8-9-15-12)6-5-7-13(14)17/h5-7,12,15,17H,3-4,8-10H2,1-2H3. The molecule has 0 aromatic heterocycles. The van der Waals surface area contributed by atoms with E-state index in [1.807, 2.05) is 6.07 Å². The van der Waals surface area contributed by atoms with Crippen LogP contribution in [-0.2, 0) is 6.42 Å². The highest BCUT2D eigenvalue weighted by molar-refractivity contribution is 5.43. The van der Waals surface area contributed by atoms with E-state index in [1.54, 1.807) is 6.07 Å². The summed E-state index contributed by atoms with van der Waals surface area (Å²) in [5.74, 6) is 0.437. The Morgan fingerprint density at radius 2 is 2.12 bits per heavy atom. The molecular weight excluding hydrogens is 212 g/mol. The molecule has 0 radical (unpaired) electrons. The average molecular weight is 234 g/mol. The van der Waals surface area contributed by atoms with Crippen LogP contribution in [0.3, 0.4) is 0 Å². The van der Waals surface area contributed by atoms with Gasteiger partial charge in [0.15, 0.2) is 0 Å². The smallest absolute Gasteiger partial charge is 0.120 e. The molecule has 0 bridgehead atoms. The first kappa shape index (κ1) is 12.4. The molecule has 2 rings (SSSR count). The summed E-state index contributed by atoms with van der Waals surface area (Å²) in [5.41, 5.74) is 2.39. The van der Waals surface area contributed by atoms with Crippen molar-refractivity contribution in [2.45, 2.75) is 26.3 Å². The maximum Gasteiger partial charge on any atom is 0.120 e. The zero-order chi connectivity index (χ0) is 12.3. The van der Waals surface area contributed by atoms with Crippen molar-refractivity contribution in [1.82, 2.24) is 10.2 Å². The Labute approximate surface area is 103 Å². The maximum atomic E-state index is 10.0. The number of nitrogens with one attached hydrogen (secondary N) is 1. The van der Waals surface area contributed by atoms with Crippen molar-refractivity contribution in [3.05, 3.63) is 29.3 Å². The van der Waals surface area contributed by atoms with Crippen molar-refractivity contribution in [3.8, 4) is 5.75 Å². The molecule has 3 nitrogen and oxygen atoms in total. The molecule has 0 saturated heterocycles. The second kappa shape index (κ2) is 5.52. The zero-order valence-electron chi connectivity index (χ0n) is 10.7. The number of rotatable bonds is 4. The summed E-state index contributed by atoms with van der Waals surface area (Å²) in [6, 6.07) is 6.13. The minimum atomic E-state index is 0.264. The van der Waals surface area contributed by atoms with Gasteiger partial charge >= 0.3 is 0 Å². The molecular formula is C14H22N2O. The van der Waals surface area contributed by atoms with Gasteiger partial charge in [-0.2, -0.15) is 0 Å². The quantitative estimate of drug-likeness (QED) is 0.835. The predicted molar refractivity (Wildman–Crippen MR) is 70.3 cm³/mol. The number of phenols is 1. The Hall–Kier alpha value is -1.06. The molecule has 94 valence electrons. The summed E-state index contributed by atoms with van der Waals surface area (Å²) in [7, 11) is 0. The van der Waals surface area contributed by atoms with E-state index in [4.69, 9.17) is 0 Å². The Morgan fingerprint density at radius 3 is 2.82 bits per heavy atom. The highest BCUT2D eigenvalue weighted by Gasteiger charge is 2.23. The lowest BCUT2D eigenvalue weighted by atomic mass is 9.93. The number of aromatic hydroxyl groups is 1. The lowest BCUT2D eigenvalue weighted by Crippen LogP contribution is -2.39. The number of hydrogen-bond donors (Lipinski definition) is 2. The lowest BCUT2D eigenvalue weighted by molar-refractivity contribution is 0.258. The van der Waals surface area contributed by atoms with E-state index in [0.29, 0.717) is 5.75 Å². The van der Waals surface area contributed by atoms with Gasteiger partial charge in [-0.25, -0.2) is 0 Å². The van der Waals surface area contributed by atoms with Gasteiger partial charge in [-0.3, -0.25) is 0 Å². The number of hydrogen-bond acceptors (Lipinski definition) is 3. The van der Waals surface area contributed by atoms with Crippen LogP contribution in [0.4, 0.5) is 0 Å². The minimum absolute atomic E-state index is 0.264. The van der Waals surface area contributed by atoms with E-state index in [1.165, 1.54) is 5.56 Å². The first-order chi connectivity index (χ1) is 8.26. The average Bonchev–Trinajstić information content (AvgIpc) is 2.36. The van der Waals surface area contributed by atoms with E-state index in [2.05, 4.69) is 30.1 Å². The van der Waals surface area contributed by atoms with Gasteiger partial charge in [0.1, 0.15) is 5.75 Å². The van der Waals surface area contributed by atoms with Crippen molar-refractivity contribution in [2.24, 2.45) is 0 Å². The summed E-state index contributed by atoms with van der Waals surface area (Å²) >= 11 is 0. The number of nitrogens with zero attached hydrogens (tertiary/aromatic N) is 1. The molecule has 1 aliphatic heterocycles. The number of benzene rings is 1. The van der Waals surface area contributed by atoms with Crippen LogP contribution in [0.1, 0.15) is 31.0 Å². The van der Waals surface area contributed by atoms with E-state index in [0.717, 1.165) is 38.2 Å². The molecule has 0 aliphatic carbocycles. The number of fused-ring (bicyclic) bond motifs is 1. The molecule has 1 unspecified atom stereocenters. The lowest BCUT2D eigenvalue weighted by Gasteiger charge is -2.31. The van der Waals surface area contributed by atoms with Crippen LogP contribution in [0.25, 0.3) is 0 Å². The van der Waals surface area contributed by atoms with Crippen molar-refractivity contribution in [2.75, 3.05) is 26.2 Å². The summed E-state index contributed by atoms with van der Waals surface area (Å²) in [5, 5.41) is 13.5. The molecule has 1 aliphatic rings. The van der Waals surface area contributed by atoms with E-state index >= 15 is 0 Å². The highest BCUT2D eigenvalue weighted by Crippen LogP contribution is 2.31. The topological polar surface area (TPSA) is 35.5 Å². The molecule has 0 fully saturated rings. The molecule has 1 aromatic carbocycles. The second-order valence-electron chi connectivity index (χ2n) is 4.59. The van der Waals surface area contributed by atoms with Crippen LogP contribution in [0, 0.1) is 0 Å². The monoisotopic (exact) mass is 234 g/mol. The van der Waals surface area contributed by atoms with Crippen LogP contribution >= 0.6 is 0 Å². The van der Waals surface area contributed by atoms with E-state index in [-0.39, 0.29) is 6.04 Å². The Kier molecular flexibility index (Phi) is 4.02. The van der Waals surface area contributed by atoms with Gasteiger partial charge in [0.2, 0.25) is 0 Å². The third-order valence-corrected chi connectivity index (χ3v) is 3.64. The van der Waals surface area contributed by atoms with Gasteiger partial charge in [0.05, 0.1) is 0 Å². The predicted octanol–water partition coefficient (Wildman–Crippen LogP) is 1.92. The third kappa shape index (κ3) is 2.61. The Bertz CT molecular complexity index is 374. The minimum Gasteiger partial charge on any atom is -0.508 e. The van der Waals surface area contributed by atoms with Crippen LogP contribution in [0.2, 0.25) is 0 Å². The zero-order valence-corrected chi connectivity index (χ0v) is 10.7. The molecule has 17 heavy (non-hydrogen) atoms. The maximum absolute atomic E-state index is 10.0. The largest absolute Gasteiger partial charge is 0.508 e. The van der Waals surface area contributed by atoms with Gasteiger partial charge < -0.3 is 15.3 Å². The fraction of sp³-hybridized carbons (Fsp3) is 0.571. The van der Waals surface area contributed by atoms with E-state index < -0.39 is 0 Å². The van der Waals surface area contributed by atoms with Gasteiger partial charge in [-0.05, 0) is 37.7 Å². The molecule has 0 saturated carbocycles. The summed E-state index contributed by atoms with van der Waals surface area (Å²) in [4.78, 5) is 2.39. The number of phenolic OH excluding ortho intramolecular Hbond substituents is 1. The van der Waals surface area contributed by atoms with Gasteiger partial charge in [0.25, 0.3) is 0 Å². The van der Waals surface area contributed by atoms with Crippen molar-refractivity contribution in [3.63, 3.8) is 0 Å². The van der Waals surface area contributed by atoms with Crippen molar-refractivity contribution >= 4 is 0 Å². The SMILES string of the molecule is CCN(CC)CC1NCCc2cccc(O)c21. The van der Waals surface area contributed by atoms with Crippen LogP contribution in [0.15, 0.2) is 18.2 Å². The Balaban J connectivity index is 2.22. The normalized spacial score (nSPS) is 19.4. The summed E-state index contributed by atoms with van der Waals surface area (Å²) in [6.07, 6.45) is 1.01. The van der Waals surface area contributed by atoms with Gasteiger partial charge in [-0.1, -0.05) is 26.0 Å². The molecule has 2 N–H and O–H groups in total. The molecule has 0 spiro atoms. The van der Waals surface area contributed by atoms with Crippen LogP contribution < -0.4 is 5.32 Å². The molecule has 1 heterocycles. The molecule has 3 heteroatoms. The Morgan fingerprint density at radius 1 is 1.35 bits per heavy atom. The first-order valence-corrected chi connectivity index (χ1v) is 6.52. The second-order valence-corrected chi connectivity index (χ2v) is 4.59. The van der Waals surface area contributed by atoms with Crippen LogP contribution in [-0.4, -0.2) is 36.2 Å². The molecule has 1 aromatic rings. The summed E-state index contributed by atoms with van der Waals surface area (Å²) < 4.78 is 0. The summed E-state index contributed by atoms with van der Waals surface area (Å²) in [6.45, 7) is 8.44. The van der Waals surface area contributed by atoms with Crippen molar-refractivity contribution in [1.29, 1.82) is 0 Å². The first-order valence-electron chi connectivity index (χ1n) is 6.52. The molecule has 0 amide bonds.